The van der Waals surface area contributed by atoms with Gasteiger partial charge in [-0.15, -0.1) is 5.10 Å². The first-order valence-electron chi connectivity index (χ1n) is 5.38. The lowest BCUT2D eigenvalue weighted by atomic mass is 10.1. The minimum Gasteiger partial charge on any atom is -0.349 e. The highest BCUT2D eigenvalue weighted by Crippen LogP contribution is 2.02. The van der Waals surface area contributed by atoms with Crippen molar-refractivity contribution in [2.24, 2.45) is 0 Å². The molecule has 0 fully saturated rings. The fraction of sp³-hybridized carbons (Fsp3) is 0.273. The average Bonchev–Trinajstić information content (AvgIpc) is 2.88. The van der Waals surface area contributed by atoms with Crippen molar-refractivity contribution in [2.45, 2.75) is 19.4 Å². The van der Waals surface area contributed by atoms with E-state index in [1.54, 1.807) is 0 Å². The summed E-state index contributed by atoms with van der Waals surface area (Å²) >= 11 is 0. The van der Waals surface area contributed by atoms with Gasteiger partial charge in [0.2, 0.25) is 5.91 Å². The molecule has 0 aliphatic heterocycles. The Kier molecular flexibility index (Phi) is 3.80. The summed E-state index contributed by atoms with van der Waals surface area (Å²) in [5.74, 6) is 0.545. The zero-order chi connectivity index (χ0) is 11.9. The smallest absolute Gasteiger partial charge is 0.220 e. The summed E-state index contributed by atoms with van der Waals surface area (Å²) in [5.41, 5.74) is 1.16. The van der Waals surface area contributed by atoms with Crippen LogP contribution >= 0.6 is 0 Å². The van der Waals surface area contributed by atoms with Crippen LogP contribution in [0, 0.1) is 0 Å². The first-order valence-corrected chi connectivity index (χ1v) is 5.38. The molecule has 0 aliphatic carbocycles. The SMILES string of the molecule is O=C(CCc1ccccc1)NCc1nnn[nH]1. The molecule has 0 atom stereocenters. The highest BCUT2D eigenvalue weighted by molar-refractivity contribution is 5.76. The molecule has 0 spiro atoms. The summed E-state index contributed by atoms with van der Waals surface area (Å²) in [4.78, 5) is 11.5. The van der Waals surface area contributed by atoms with Crippen molar-refractivity contribution in [2.75, 3.05) is 0 Å². The molecule has 0 radical (unpaired) electrons. The lowest BCUT2D eigenvalue weighted by Gasteiger charge is -2.02. The Morgan fingerprint density at radius 2 is 2.12 bits per heavy atom. The first kappa shape index (κ1) is 11.3. The number of aryl methyl sites for hydroxylation is 1. The van der Waals surface area contributed by atoms with Crippen molar-refractivity contribution in [3.63, 3.8) is 0 Å². The highest BCUT2D eigenvalue weighted by Gasteiger charge is 2.03. The average molecular weight is 231 g/mol. The number of nitrogens with one attached hydrogen (secondary N) is 2. The lowest BCUT2D eigenvalue weighted by molar-refractivity contribution is -0.121. The van der Waals surface area contributed by atoms with E-state index in [2.05, 4.69) is 25.9 Å². The van der Waals surface area contributed by atoms with Gasteiger partial charge in [0.1, 0.15) is 0 Å². The number of benzene rings is 1. The van der Waals surface area contributed by atoms with Gasteiger partial charge in [0.25, 0.3) is 0 Å². The zero-order valence-electron chi connectivity index (χ0n) is 9.26. The van der Waals surface area contributed by atoms with Gasteiger partial charge >= 0.3 is 0 Å². The summed E-state index contributed by atoms with van der Waals surface area (Å²) in [6.45, 7) is 0.334. The maximum Gasteiger partial charge on any atom is 0.220 e. The van der Waals surface area contributed by atoms with E-state index in [1.165, 1.54) is 0 Å². The predicted octanol–water partition coefficient (Wildman–Crippen LogP) is 0.449. The Labute approximate surface area is 98.4 Å². The maximum absolute atomic E-state index is 11.5. The third-order valence-corrected chi connectivity index (χ3v) is 2.33. The number of hydrogen-bond donors (Lipinski definition) is 2. The largest absolute Gasteiger partial charge is 0.349 e. The molecule has 17 heavy (non-hydrogen) atoms. The number of hydrogen-bond acceptors (Lipinski definition) is 4. The highest BCUT2D eigenvalue weighted by atomic mass is 16.1. The second-order valence-corrected chi connectivity index (χ2v) is 3.61. The summed E-state index contributed by atoms with van der Waals surface area (Å²) < 4.78 is 0. The van der Waals surface area contributed by atoms with E-state index >= 15 is 0 Å². The predicted molar refractivity (Wildman–Crippen MR) is 60.8 cm³/mol. The van der Waals surface area contributed by atoms with Crippen molar-refractivity contribution in [1.82, 2.24) is 25.9 Å². The van der Waals surface area contributed by atoms with Crippen LogP contribution in [0.25, 0.3) is 0 Å². The Morgan fingerprint density at radius 1 is 1.29 bits per heavy atom. The Balaban J connectivity index is 1.71. The number of tetrazole rings is 1. The maximum atomic E-state index is 11.5. The molecule has 0 saturated heterocycles. The van der Waals surface area contributed by atoms with Gasteiger partial charge in [-0.25, -0.2) is 5.10 Å². The lowest BCUT2D eigenvalue weighted by Crippen LogP contribution is -2.23. The third-order valence-electron chi connectivity index (χ3n) is 2.33. The van der Waals surface area contributed by atoms with Crippen molar-refractivity contribution in [1.29, 1.82) is 0 Å². The number of carbonyl (C=O) groups excluding carboxylic acids is 1. The van der Waals surface area contributed by atoms with Crippen molar-refractivity contribution >= 4 is 5.91 Å². The van der Waals surface area contributed by atoms with Crippen LogP contribution in [0.2, 0.25) is 0 Å². The molecule has 0 unspecified atom stereocenters. The van der Waals surface area contributed by atoms with Gasteiger partial charge < -0.3 is 5.32 Å². The molecule has 1 heterocycles. The van der Waals surface area contributed by atoms with E-state index in [1.807, 2.05) is 30.3 Å². The molecule has 6 nitrogen and oxygen atoms in total. The van der Waals surface area contributed by atoms with E-state index in [4.69, 9.17) is 0 Å². The van der Waals surface area contributed by atoms with Crippen molar-refractivity contribution in [3.05, 3.63) is 41.7 Å². The number of carbonyl (C=O) groups is 1. The van der Waals surface area contributed by atoms with Gasteiger partial charge in [-0.1, -0.05) is 30.3 Å². The molecule has 0 aliphatic rings. The molecule has 6 heteroatoms. The molecule has 1 aromatic heterocycles. The van der Waals surface area contributed by atoms with Gasteiger partial charge in [0, 0.05) is 6.42 Å². The summed E-state index contributed by atoms with van der Waals surface area (Å²) in [6, 6.07) is 9.91. The summed E-state index contributed by atoms with van der Waals surface area (Å²) in [5, 5.41) is 15.8. The molecule has 0 saturated carbocycles. The second kappa shape index (κ2) is 5.74. The van der Waals surface area contributed by atoms with Crippen LogP contribution in [0.3, 0.4) is 0 Å². The Morgan fingerprint density at radius 3 is 2.82 bits per heavy atom. The fourth-order valence-electron chi connectivity index (χ4n) is 1.43. The zero-order valence-corrected chi connectivity index (χ0v) is 9.26. The summed E-state index contributed by atoms with van der Waals surface area (Å²) in [6.07, 6.45) is 1.20. The monoisotopic (exact) mass is 231 g/mol. The third kappa shape index (κ3) is 3.67. The minimum absolute atomic E-state index is 0.00902. The van der Waals surface area contributed by atoms with Crippen molar-refractivity contribution in [3.8, 4) is 0 Å². The quantitative estimate of drug-likeness (QED) is 0.782. The topological polar surface area (TPSA) is 83.6 Å². The van der Waals surface area contributed by atoms with Crippen LogP contribution in [-0.4, -0.2) is 26.5 Å². The van der Waals surface area contributed by atoms with Crippen molar-refractivity contribution < 1.29 is 4.79 Å². The Hall–Kier alpha value is -2.24. The molecule has 2 aromatic rings. The number of rotatable bonds is 5. The molecule has 1 amide bonds. The van der Waals surface area contributed by atoms with Gasteiger partial charge in [-0.3, -0.25) is 4.79 Å². The standard InChI is InChI=1S/C11H13N5O/c17-11(12-8-10-13-15-16-14-10)7-6-9-4-2-1-3-5-9/h1-5H,6-8H2,(H,12,17)(H,13,14,15,16). The number of H-pyrrole nitrogens is 1. The van der Waals surface area contributed by atoms with E-state index in [0.717, 1.165) is 12.0 Å². The van der Waals surface area contributed by atoms with E-state index in [9.17, 15) is 4.79 Å². The molecular weight excluding hydrogens is 218 g/mol. The van der Waals surface area contributed by atoms with Crippen LogP contribution in [0.15, 0.2) is 30.3 Å². The molecule has 88 valence electrons. The van der Waals surface area contributed by atoms with Gasteiger partial charge in [0.15, 0.2) is 5.82 Å². The van der Waals surface area contributed by atoms with Crippen LogP contribution in [0.1, 0.15) is 17.8 Å². The van der Waals surface area contributed by atoms with Crippen LogP contribution in [0.5, 0.6) is 0 Å². The van der Waals surface area contributed by atoms with E-state index in [-0.39, 0.29) is 5.91 Å². The molecular formula is C11H13N5O. The van der Waals surface area contributed by atoms with Gasteiger partial charge in [0.05, 0.1) is 6.54 Å². The van der Waals surface area contributed by atoms with Crippen LogP contribution in [-0.2, 0) is 17.8 Å². The first-order chi connectivity index (χ1) is 8.34. The normalized spacial score (nSPS) is 10.1. The molecule has 1 aromatic carbocycles. The van der Waals surface area contributed by atoms with Crippen LogP contribution in [0.4, 0.5) is 0 Å². The second-order valence-electron chi connectivity index (χ2n) is 3.61. The number of amides is 1. The Bertz CT molecular complexity index is 454. The van der Waals surface area contributed by atoms with E-state index < -0.39 is 0 Å². The molecule has 2 N–H and O–H groups in total. The molecule has 2 rings (SSSR count). The number of aromatic nitrogens is 4. The minimum atomic E-state index is -0.00902. The molecule has 0 bridgehead atoms. The summed E-state index contributed by atoms with van der Waals surface area (Å²) in [7, 11) is 0. The number of nitrogens with zero attached hydrogens (tertiary/aromatic N) is 3. The fourth-order valence-corrected chi connectivity index (χ4v) is 1.43. The number of aromatic amines is 1. The van der Waals surface area contributed by atoms with Crippen LogP contribution < -0.4 is 5.32 Å². The van der Waals surface area contributed by atoms with Gasteiger partial charge in [-0.05, 0) is 22.4 Å². The van der Waals surface area contributed by atoms with E-state index in [0.29, 0.717) is 18.8 Å². The van der Waals surface area contributed by atoms with Gasteiger partial charge in [-0.2, -0.15) is 0 Å².